The van der Waals surface area contributed by atoms with Crippen LogP contribution in [0.1, 0.15) is 55.4 Å². The van der Waals surface area contributed by atoms with E-state index in [1.165, 1.54) is 18.6 Å². The number of rotatable bonds is 7. The molecular formula is C19H28N4O4. The highest BCUT2D eigenvalue weighted by atomic mass is 16.5. The SMILES string of the molecule is O=C(NCC[C@H]1CC[C@@H](NC(=O)C2CCCC2)[C@H](CO)O1)c1cnccn1. The first-order valence-corrected chi connectivity index (χ1v) is 9.78. The van der Waals surface area contributed by atoms with Crippen LogP contribution in [-0.2, 0) is 9.53 Å². The van der Waals surface area contributed by atoms with Crippen LogP contribution in [0.15, 0.2) is 18.6 Å². The second-order valence-corrected chi connectivity index (χ2v) is 7.29. The molecule has 3 rings (SSSR count). The Morgan fingerprint density at radius 3 is 2.70 bits per heavy atom. The number of nitrogens with zero attached hydrogens (tertiary/aromatic N) is 2. The van der Waals surface area contributed by atoms with Gasteiger partial charge in [0.15, 0.2) is 0 Å². The lowest BCUT2D eigenvalue weighted by atomic mass is 9.96. The summed E-state index contributed by atoms with van der Waals surface area (Å²) >= 11 is 0. The summed E-state index contributed by atoms with van der Waals surface area (Å²) in [4.78, 5) is 32.1. The van der Waals surface area contributed by atoms with Crippen molar-refractivity contribution in [2.75, 3.05) is 13.2 Å². The van der Waals surface area contributed by atoms with Gasteiger partial charge in [0, 0.05) is 24.9 Å². The molecule has 3 atom stereocenters. The maximum absolute atomic E-state index is 12.3. The van der Waals surface area contributed by atoms with Crippen molar-refractivity contribution < 1.29 is 19.4 Å². The Morgan fingerprint density at radius 1 is 1.19 bits per heavy atom. The van der Waals surface area contributed by atoms with E-state index >= 15 is 0 Å². The quantitative estimate of drug-likeness (QED) is 0.649. The smallest absolute Gasteiger partial charge is 0.271 e. The Labute approximate surface area is 159 Å². The number of aliphatic hydroxyl groups excluding tert-OH is 1. The zero-order valence-electron chi connectivity index (χ0n) is 15.5. The highest BCUT2D eigenvalue weighted by Gasteiger charge is 2.33. The van der Waals surface area contributed by atoms with Gasteiger partial charge in [-0.15, -0.1) is 0 Å². The van der Waals surface area contributed by atoms with E-state index in [0.717, 1.165) is 38.5 Å². The Balaban J connectivity index is 1.41. The average Bonchev–Trinajstić information content (AvgIpc) is 3.24. The minimum Gasteiger partial charge on any atom is -0.394 e. The molecule has 1 aromatic heterocycles. The first-order valence-electron chi connectivity index (χ1n) is 9.78. The predicted molar refractivity (Wildman–Crippen MR) is 97.9 cm³/mol. The van der Waals surface area contributed by atoms with Gasteiger partial charge in [0.25, 0.3) is 5.91 Å². The van der Waals surface area contributed by atoms with Gasteiger partial charge in [-0.2, -0.15) is 0 Å². The van der Waals surface area contributed by atoms with Crippen molar-refractivity contribution in [3.8, 4) is 0 Å². The van der Waals surface area contributed by atoms with E-state index in [-0.39, 0.29) is 42.2 Å². The molecule has 0 unspecified atom stereocenters. The van der Waals surface area contributed by atoms with Crippen molar-refractivity contribution in [2.45, 2.75) is 63.2 Å². The van der Waals surface area contributed by atoms with Crippen LogP contribution in [0.3, 0.4) is 0 Å². The zero-order chi connectivity index (χ0) is 19.1. The second kappa shape index (κ2) is 9.75. The molecule has 0 aromatic carbocycles. The molecule has 8 nitrogen and oxygen atoms in total. The van der Waals surface area contributed by atoms with E-state index in [1.54, 1.807) is 0 Å². The van der Waals surface area contributed by atoms with Crippen molar-refractivity contribution in [3.63, 3.8) is 0 Å². The first-order chi connectivity index (χ1) is 13.2. The number of carbonyl (C=O) groups excluding carboxylic acids is 2. The van der Waals surface area contributed by atoms with E-state index < -0.39 is 6.10 Å². The topological polar surface area (TPSA) is 113 Å². The standard InChI is InChI=1S/C19H28N4O4/c24-12-17-15(23-18(25)13-3-1-2-4-13)6-5-14(27-17)7-8-22-19(26)16-11-20-9-10-21-16/h9-11,13-15,17,24H,1-8,12H2,(H,22,26)(H,23,25)/t14-,15-,17+/m1/s1. The minimum absolute atomic E-state index is 0.0519. The number of carbonyl (C=O) groups is 2. The molecule has 2 aliphatic rings. The number of amides is 2. The van der Waals surface area contributed by atoms with Gasteiger partial charge in [-0.25, -0.2) is 4.98 Å². The summed E-state index contributed by atoms with van der Waals surface area (Å²) in [5.74, 6) is -0.0630. The molecule has 27 heavy (non-hydrogen) atoms. The van der Waals surface area contributed by atoms with Gasteiger partial charge in [-0.3, -0.25) is 14.6 Å². The minimum atomic E-state index is -0.398. The number of nitrogens with one attached hydrogen (secondary N) is 2. The fraction of sp³-hybridized carbons (Fsp3) is 0.684. The lowest BCUT2D eigenvalue weighted by Gasteiger charge is -2.36. The van der Waals surface area contributed by atoms with Crippen molar-refractivity contribution in [1.29, 1.82) is 0 Å². The Hall–Kier alpha value is -2.06. The van der Waals surface area contributed by atoms with E-state index in [9.17, 15) is 14.7 Å². The number of hydrogen-bond donors (Lipinski definition) is 3. The molecule has 2 amide bonds. The maximum atomic E-state index is 12.3. The lowest BCUT2D eigenvalue weighted by Crippen LogP contribution is -2.52. The van der Waals surface area contributed by atoms with Crippen LogP contribution in [-0.4, -0.2) is 58.3 Å². The summed E-state index contributed by atoms with van der Waals surface area (Å²) in [5.41, 5.74) is 0.282. The molecule has 1 aliphatic carbocycles. The van der Waals surface area contributed by atoms with Gasteiger partial charge in [-0.05, 0) is 32.1 Å². The molecule has 1 saturated heterocycles. The Morgan fingerprint density at radius 2 is 2.00 bits per heavy atom. The molecule has 3 N–H and O–H groups in total. The number of hydrogen-bond acceptors (Lipinski definition) is 6. The van der Waals surface area contributed by atoms with Crippen molar-refractivity contribution >= 4 is 11.8 Å². The fourth-order valence-corrected chi connectivity index (χ4v) is 3.85. The van der Waals surface area contributed by atoms with E-state index in [2.05, 4.69) is 20.6 Å². The molecule has 0 spiro atoms. The van der Waals surface area contributed by atoms with Gasteiger partial charge < -0.3 is 20.5 Å². The highest BCUT2D eigenvalue weighted by molar-refractivity contribution is 5.91. The van der Waals surface area contributed by atoms with Crippen molar-refractivity contribution in [3.05, 3.63) is 24.3 Å². The molecular weight excluding hydrogens is 348 g/mol. The Bertz CT molecular complexity index is 621. The summed E-state index contributed by atoms with van der Waals surface area (Å²) in [6, 6.07) is -0.145. The molecule has 1 saturated carbocycles. The summed E-state index contributed by atoms with van der Waals surface area (Å²) in [6.07, 6.45) is 10.3. The van der Waals surface area contributed by atoms with Crippen LogP contribution in [0, 0.1) is 5.92 Å². The van der Waals surface area contributed by atoms with E-state index in [4.69, 9.17) is 4.74 Å². The van der Waals surface area contributed by atoms with Gasteiger partial charge in [0.1, 0.15) is 11.8 Å². The summed E-state index contributed by atoms with van der Waals surface area (Å²) in [7, 11) is 0. The summed E-state index contributed by atoms with van der Waals surface area (Å²) in [6.45, 7) is 0.329. The van der Waals surface area contributed by atoms with Crippen LogP contribution >= 0.6 is 0 Å². The molecule has 1 aromatic rings. The van der Waals surface area contributed by atoms with Crippen molar-refractivity contribution in [2.24, 2.45) is 5.92 Å². The normalized spacial score (nSPS) is 25.9. The summed E-state index contributed by atoms with van der Waals surface area (Å²) in [5, 5.41) is 15.5. The van der Waals surface area contributed by atoms with E-state index in [1.807, 2.05) is 0 Å². The average molecular weight is 376 g/mol. The molecule has 2 heterocycles. The molecule has 148 valence electrons. The van der Waals surface area contributed by atoms with Gasteiger partial charge in [0.05, 0.1) is 24.9 Å². The largest absolute Gasteiger partial charge is 0.394 e. The van der Waals surface area contributed by atoms with Crippen LogP contribution in [0.5, 0.6) is 0 Å². The van der Waals surface area contributed by atoms with Gasteiger partial charge in [0.2, 0.25) is 5.91 Å². The Kier molecular flexibility index (Phi) is 7.11. The number of aromatic nitrogens is 2. The van der Waals surface area contributed by atoms with Crippen molar-refractivity contribution in [1.82, 2.24) is 20.6 Å². The van der Waals surface area contributed by atoms with Gasteiger partial charge >= 0.3 is 0 Å². The first kappa shape index (κ1) is 19.7. The van der Waals surface area contributed by atoms with Gasteiger partial charge in [-0.1, -0.05) is 12.8 Å². The molecule has 0 radical (unpaired) electrons. The predicted octanol–water partition coefficient (Wildman–Crippen LogP) is 0.811. The maximum Gasteiger partial charge on any atom is 0.271 e. The van der Waals surface area contributed by atoms with Crippen LogP contribution in [0.4, 0.5) is 0 Å². The third kappa shape index (κ3) is 5.46. The molecule has 8 heteroatoms. The van der Waals surface area contributed by atoms with Crippen LogP contribution in [0.25, 0.3) is 0 Å². The highest BCUT2D eigenvalue weighted by Crippen LogP contribution is 2.26. The van der Waals surface area contributed by atoms with E-state index in [0.29, 0.717) is 13.0 Å². The number of aliphatic hydroxyl groups is 1. The van der Waals surface area contributed by atoms with Crippen LogP contribution < -0.4 is 10.6 Å². The lowest BCUT2D eigenvalue weighted by molar-refractivity contribution is -0.131. The summed E-state index contributed by atoms with van der Waals surface area (Å²) < 4.78 is 5.96. The third-order valence-corrected chi connectivity index (χ3v) is 5.40. The van der Waals surface area contributed by atoms with Crippen LogP contribution in [0.2, 0.25) is 0 Å². The zero-order valence-corrected chi connectivity index (χ0v) is 15.5. The second-order valence-electron chi connectivity index (χ2n) is 7.29. The monoisotopic (exact) mass is 376 g/mol. The third-order valence-electron chi connectivity index (χ3n) is 5.40. The number of ether oxygens (including phenoxy) is 1. The fourth-order valence-electron chi connectivity index (χ4n) is 3.85. The molecule has 1 aliphatic heterocycles. The molecule has 2 fully saturated rings. The molecule has 0 bridgehead atoms.